The zero-order valence-electron chi connectivity index (χ0n) is 10.0. The van der Waals surface area contributed by atoms with Gasteiger partial charge in [-0.25, -0.2) is 4.79 Å². The standard InChI is InChI=1S/C12H11F3N2O2/c1-9-7-16(8-17(9)12(13,14)15)19-11(18)10-5-3-2-4-6-10/h2-7H,8H2,1H3. The molecule has 0 radical (unpaired) electrons. The molecule has 4 nitrogen and oxygen atoms in total. The second-order valence-corrected chi connectivity index (χ2v) is 3.97. The van der Waals surface area contributed by atoms with Crippen LogP contribution in [0.4, 0.5) is 13.2 Å². The van der Waals surface area contributed by atoms with Gasteiger partial charge in [-0.2, -0.15) is 18.2 Å². The van der Waals surface area contributed by atoms with E-state index in [1.807, 2.05) is 0 Å². The molecular weight excluding hydrogens is 261 g/mol. The third kappa shape index (κ3) is 2.98. The number of alkyl halides is 3. The van der Waals surface area contributed by atoms with Crippen molar-refractivity contribution in [2.75, 3.05) is 6.67 Å². The average Bonchev–Trinajstić information content (AvgIpc) is 2.71. The minimum Gasteiger partial charge on any atom is -0.334 e. The number of benzene rings is 1. The number of allylic oxidation sites excluding steroid dienone is 1. The van der Waals surface area contributed by atoms with Gasteiger partial charge in [-0.1, -0.05) is 18.2 Å². The average molecular weight is 272 g/mol. The first kappa shape index (κ1) is 13.3. The van der Waals surface area contributed by atoms with Crippen LogP contribution < -0.4 is 0 Å². The quantitative estimate of drug-likeness (QED) is 0.775. The van der Waals surface area contributed by atoms with E-state index in [0.29, 0.717) is 0 Å². The maximum atomic E-state index is 12.6. The van der Waals surface area contributed by atoms with Crippen molar-refractivity contribution in [3.63, 3.8) is 0 Å². The Morgan fingerprint density at radius 2 is 1.89 bits per heavy atom. The Morgan fingerprint density at radius 3 is 2.42 bits per heavy atom. The second-order valence-electron chi connectivity index (χ2n) is 3.97. The number of hydrogen-bond acceptors (Lipinski definition) is 4. The number of halogens is 3. The van der Waals surface area contributed by atoms with Crippen LogP contribution in [-0.2, 0) is 4.84 Å². The fourth-order valence-electron chi connectivity index (χ4n) is 1.64. The van der Waals surface area contributed by atoms with Gasteiger partial charge in [-0.15, -0.1) is 0 Å². The third-order valence-electron chi connectivity index (χ3n) is 2.55. The van der Waals surface area contributed by atoms with Crippen LogP contribution in [-0.4, -0.2) is 28.9 Å². The smallest absolute Gasteiger partial charge is 0.334 e. The second kappa shape index (κ2) is 4.83. The summed E-state index contributed by atoms with van der Waals surface area (Å²) in [5.41, 5.74) is 0.243. The zero-order valence-corrected chi connectivity index (χ0v) is 10.0. The van der Waals surface area contributed by atoms with Crippen molar-refractivity contribution in [3.05, 3.63) is 47.8 Å². The maximum absolute atomic E-state index is 12.6. The molecule has 0 spiro atoms. The number of rotatable bonds is 2. The van der Waals surface area contributed by atoms with Gasteiger partial charge in [0.05, 0.1) is 11.8 Å². The maximum Gasteiger partial charge on any atom is 0.486 e. The van der Waals surface area contributed by atoms with E-state index in [2.05, 4.69) is 0 Å². The van der Waals surface area contributed by atoms with E-state index < -0.39 is 18.9 Å². The molecule has 0 bridgehead atoms. The summed E-state index contributed by atoms with van der Waals surface area (Å²) in [5, 5.41) is 0.859. The van der Waals surface area contributed by atoms with Gasteiger partial charge in [0.2, 0.25) is 0 Å². The predicted molar refractivity (Wildman–Crippen MR) is 60.2 cm³/mol. The molecular formula is C12H11F3N2O2. The molecule has 7 heteroatoms. The van der Waals surface area contributed by atoms with Crippen LogP contribution in [0.15, 0.2) is 42.2 Å². The summed E-state index contributed by atoms with van der Waals surface area (Å²) in [5.74, 6) is -0.700. The molecule has 102 valence electrons. The highest BCUT2D eigenvalue weighted by Crippen LogP contribution is 2.29. The fourth-order valence-corrected chi connectivity index (χ4v) is 1.64. The van der Waals surface area contributed by atoms with Gasteiger partial charge in [0.15, 0.2) is 0 Å². The first-order chi connectivity index (χ1) is 8.88. The summed E-state index contributed by atoms with van der Waals surface area (Å²) in [6.45, 7) is 0.734. The highest BCUT2D eigenvalue weighted by Gasteiger charge is 2.41. The highest BCUT2D eigenvalue weighted by molar-refractivity contribution is 5.89. The topological polar surface area (TPSA) is 32.8 Å². The Balaban J connectivity index is 2.01. The molecule has 0 aliphatic carbocycles. The van der Waals surface area contributed by atoms with Crippen LogP contribution in [0.3, 0.4) is 0 Å². The summed E-state index contributed by atoms with van der Waals surface area (Å²) in [6, 6.07) is 8.06. The van der Waals surface area contributed by atoms with E-state index in [0.717, 1.165) is 11.3 Å². The van der Waals surface area contributed by atoms with Crippen molar-refractivity contribution in [2.24, 2.45) is 0 Å². The summed E-state index contributed by atoms with van der Waals surface area (Å²) in [7, 11) is 0. The molecule has 1 aliphatic heterocycles. The normalized spacial score (nSPS) is 15.5. The van der Waals surface area contributed by atoms with E-state index in [9.17, 15) is 18.0 Å². The Morgan fingerprint density at radius 1 is 1.26 bits per heavy atom. The van der Waals surface area contributed by atoms with Crippen molar-refractivity contribution >= 4 is 5.97 Å². The Bertz CT molecular complexity index is 499. The van der Waals surface area contributed by atoms with E-state index in [4.69, 9.17) is 4.84 Å². The summed E-state index contributed by atoms with van der Waals surface area (Å²) in [4.78, 5) is 16.7. The van der Waals surface area contributed by atoms with Crippen LogP contribution in [0.5, 0.6) is 0 Å². The third-order valence-corrected chi connectivity index (χ3v) is 2.55. The lowest BCUT2D eigenvalue weighted by molar-refractivity contribution is -0.246. The molecule has 19 heavy (non-hydrogen) atoms. The number of carbonyl (C=O) groups is 1. The minimum absolute atomic E-state index is 0.0339. The van der Waals surface area contributed by atoms with Gasteiger partial charge in [0.1, 0.15) is 6.67 Å². The first-order valence-corrected chi connectivity index (χ1v) is 5.44. The molecule has 2 rings (SSSR count). The number of hydroxylamine groups is 2. The number of hydrogen-bond donors (Lipinski definition) is 0. The Labute approximate surface area is 107 Å². The van der Waals surface area contributed by atoms with Gasteiger partial charge in [0, 0.05) is 5.70 Å². The molecule has 0 aromatic heterocycles. The molecule has 0 saturated heterocycles. The minimum atomic E-state index is -4.49. The summed E-state index contributed by atoms with van der Waals surface area (Å²) < 4.78 is 37.7. The van der Waals surface area contributed by atoms with Gasteiger partial charge in [0.25, 0.3) is 0 Å². The molecule has 1 heterocycles. The largest absolute Gasteiger partial charge is 0.486 e. The van der Waals surface area contributed by atoms with Crippen LogP contribution in [0, 0.1) is 0 Å². The van der Waals surface area contributed by atoms with E-state index in [1.165, 1.54) is 19.1 Å². The van der Waals surface area contributed by atoms with E-state index in [1.54, 1.807) is 18.2 Å². The van der Waals surface area contributed by atoms with E-state index in [-0.39, 0.29) is 16.2 Å². The molecule has 0 atom stereocenters. The number of nitrogens with zero attached hydrogens (tertiary/aromatic N) is 2. The van der Waals surface area contributed by atoms with Crippen molar-refractivity contribution < 1.29 is 22.8 Å². The number of carbonyl (C=O) groups excluding carboxylic acids is 1. The molecule has 1 aromatic carbocycles. The Hall–Kier alpha value is -2.18. The monoisotopic (exact) mass is 272 g/mol. The summed E-state index contributed by atoms with van der Waals surface area (Å²) >= 11 is 0. The van der Waals surface area contributed by atoms with Crippen molar-refractivity contribution in [3.8, 4) is 0 Å². The van der Waals surface area contributed by atoms with Crippen LogP contribution >= 0.6 is 0 Å². The van der Waals surface area contributed by atoms with Crippen LogP contribution in [0.1, 0.15) is 17.3 Å². The molecule has 1 aromatic rings. The Kier molecular flexibility index (Phi) is 3.37. The van der Waals surface area contributed by atoms with Crippen LogP contribution in [0.25, 0.3) is 0 Å². The van der Waals surface area contributed by atoms with Crippen molar-refractivity contribution in [2.45, 2.75) is 13.2 Å². The lowest BCUT2D eigenvalue weighted by atomic mass is 10.2. The zero-order chi connectivity index (χ0) is 14.0. The lowest BCUT2D eigenvalue weighted by Gasteiger charge is -2.23. The molecule has 0 saturated carbocycles. The molecule has 1 aliphatic rings. The molecule has 0 fully saturated rings. The van der Waals surface area contributed by atoms with Gasteiger partial charge in [-0.3, -0.25) is 4.90 Å². The predicted octanol–water partition coefficient (Wildman–Crippen LogP) is 2.71. The van der Waals surface area contributed by atoms with Crippen LogP contribution in [0.2, 0.25) is 0 Å². The molecule has 0 amide bonds. The van der Waals surface area contributed by atoms with Gasteiger partial charge in [-0.05, 0) is 19.1 Å². The van der Waals surface area contributed by atoms with Gasteiger partial charge >= 0.3 is 12.3 Å². The van der Waals surface area contributed by atoms with Crippen molar-refractivity contribution in [1.29, 1.82) is 0 Å². The molecule has 0 N–H and O–H groups in total. The SMILES string of the molecule is CC1=CN(OC(=O)c2ccccc2)CN1C(F)(F)F. The molecule has 0 unspecified atom stereocenters. The van der Waals surface area contributed by atoms with Gasteiger partial charge < -0.3 is 4.84 Å². The fraction of sp³-hybridized carbons (Fsp3) is 0.250. The highest BCUT2D eigenvalue weighted by atomic mass is 19.4. The first-order valence-electron chi connectivity index (χ1n) is 5.44. The van der Waals surface area contributed by atoms with Crippen molar-refractivity contribution in [1.82, 2.24) is 9.96 Å². The lowest BCUT2D eigenvalue weighted by Crippen LogP contribution is -2.38. The van der Waals surface area contributed by atoms with E-state index >= 15 is 0 Å². The summed E-state index contributed by atoms with van der Waals surface area (Å²) in [6.07, 6.45) is -3.36.